The highest BCUT2D eigenvalue weighted by molar-refractivity contribution is 5.76. The van der Waals surface area contributed by atoms with E-state index in [1.54, 1.807) is 0 Å². The SMILES string of the molecule is CC(C)C[C@H](CN)CC(=O)NCCN1CCC(C)CC1. The number of nitrogens with two attached hydrogens (primary N) is 1. The Balaban J connectivity index is 2.13. The quantitative estimate of drug-likeness (QED) is 0.715. The Kier molecular flexibility index (Phi) is 8.15. The molecule has 1 fully saturated rings. The van der Waals surface area contributed by atoms with E-state index in [1.165, 1.54) is 25.9 Å². The number of hydrogen-bond acceptors (Lipinski definition) is 3. The zero-order chi connectivity index (χ0) is 15.0. The maximum atomic E-state index is 11.9. The Hall–Kier alpha value is -0.610. The normalized spacial score (nSPS) is 19.2. The van der Waals surface area contributed by atoms with Crippen LogP contribution in [0.3, 0.4) is 0 Å². The second kappa shape index (κ2) is 9.35. The lowest BCUT2D eigenvalue weighted by Crippen LogP contribution is -2.39. The van der Waals surface area contributed by atoms with Crippen LogP contribution in [-0.4, -0.2) is 43.5 Å². The first kappa shape index (κ1) is 17.4. The highest BCUT2D eigenvalue weighted by atomic mass is 16.1. The van der Waals surface area contributed by atoms with Crippen molar-refractivity contribution in [3.05, 3.63) is 0 Å². The van der Waals surface area contributed by atoms with Crippen molar-refractivity contribution in [3.63, 3.8) is 0 Å². The first-order valence-corrected chi connectivity index (χ1v) is 8.20. The molecule has 4 heteroatoms. The molecule has 4 nitrogen and oxygen atoms in total. The maximum Gasteiger partial charge on any atom is 0.220 e. The zero-order valence-electron chi connectivity index (χ0n) is 13.5. The molecule has 1 aliphatic rings. The summed E-state index contributed by atoms with van der Waals surface area (Å²) in [4.78, 5) is 14.4. The molecule has 20 heavy (non-hydrogen) atoms. The molecule has 0 aromatic carbocycles. The van der Waals surface area contributed by atoms with Crippen LogP contribution in [0, 0.1) is 17.8 Å². The van der Waals surface area contributed by atoms with Crippen LogP contribution in [0.5, 0.6) is 0 Å². The van der Waals surface area contributed by atoms with Crippen LogP contribution < -0.4 is 11.1 Å². The lowest BCUT2D eigenvalue weighted by atomic mass is 9.94. The van der Waals surface area contributed by atoms with Gasteiger partial charge in [0.2, 0.25) is 5.91 Å². The van der Waals surface area contributed by atoms with Crippen LogP contribution in [0.2, 0.25) is 0 Å². The van der Waals surface area contributed by atoms with Crippen molar-refractivity contribution in [2.45, 2.75) is 46.5 Å². The van der Waals surface area contributed by atoms with Crippen molar-refractivity contribution in [1.82, 2.24) is 10.2 Å². The summed E-state index contributed by atoms with van der Waals surface area (Å²) >= 11 is 0. The van der Waals surface area contributed by atoms with Gasteiger partial charge in [0.05, 0.1) is 0 Å². The fraction of sp³-hybridized carbons (Fsp3) is 0.938. The van der Waals surface area contributed by atoms with Gasteiger partial charge in [0, 0.05) is 19.5 Å². The average Bonchev–Trinajstić information content (AvgIpc) is 2.39. The van der Waals surface area contributed by atoms with Crippen LogP contribution in [0.1, 0.15) is 46.5 Å². The van der Waals surface area contributed by atoms with Crippen molar-refractivity contribution in [3.8, 4) is 0 Å². The van der Waals surface area contributed by atoms with Crippen molar-refractivity contribution >= 4 is 5.91 Å². The molecule has 0 saturated carbocycles. The molecule has 0 bridgehead atoms. The molecule has 1 rings (SSSR count). The number of carbonyl (C=O) groups is 1. The third-order valence-corrected chi connectivity index (χ3v) is 4.24. The number of nitrogens with zero attached hydrogens (tertiary/aromatic N) is 1. The number of piperidine rings is 1. The highest BCUT2D eigenvalue weighted by Crippen LogP contribution is 2.15. The van der Waals surface area contributed by atoms with Crippen molar-refractivity contribution < 1.29 is 4.79 Å². The third-order valence-electron chi connectivity index (χ3n) is 4.24. The van der Waals surface area contributed by atoms with Crippen molar-refractivity contribution in [2.24, 2.45) is 23.5 Å². The van der Waals surface area contributed by atoms with Gasteiger partial charge in [0.25, 0.3) is 0 Å². The molecule has 0 spiro atoms. The lowest BCUT2D eigenvalue weighted by molar-refractivity contribution is -0.122. The standard InChI is InChI=1S/C16H33N3O/c1-13(2)10-15(12-17)11-16(20)18-6-9-19-7-4-14(3)5-8-19/h13-15H,4-12,17H2,1-3H3,(H,18,20)/t15-/m0/s1. The molecule has 1 heterocycles. The second-order valence-corrected chi connectivity index (χ2v) is 6.81. The molecule has 1 aliphatic heterocycles. The largest absolute Gasteiger partial charge is 0.355 e. The summed E-state index contributed by atoms with van der Waals surface area (Å²) in [6, 6.07) is 0. The van der Waals surface area contributed by atoms with Gasteiger partial charge in [0.1, 0.15) is 0 Å². The van der Waals surface area contributed by atoms with Crippen LogP contribution in [0.4, 0.5) is 0 Å². The molecule has 0 aliphatic carbocycles. The molecular formula is C16H33N3O. The average molecular weight is 283 g/mol. The Labute approximate surface area is 124 Å². The minimum Gasteiger partial charge on any atom is -0.355 e. The number of nitrogens with one attached hydrogen (secondary N) is 1. The smallest absolute Gasteiger partial charge is 0.220 e. The monoisotopic (exact) mass is 283 g/mol. The van der Waals surface area contributed by atoms with Crippen molar-refractivity contribution in [1.29, 1.82) is 0 Å². The van der Waals surface area contributed by atoms with Crippen LogP contribution in [0.15, 0.2) is 0 Å². The van der Waals surface area contributed by atoms with Gasteiger partial charge < -0.3 is 16.0 Å². The van der Waals surface area contributed by atoms with Gasteiger partial charge in [-0.1, -0.05) is 20.8 Å². The zero-order valence-corrected chi connectivity index (χ0v) is 13.5. The van der Waals surface area contributed by atoms with Gasteiger partial charge in [-0.3, -0.25) is 4.79 Å². The first-order valence-electron chi connectivity index (χ1n) is 8.20. The van der Waals surface area contributed by atoms with E-state index in [0.29, 0.717) is 24.8 Å². The van der Waals surface area contributed by atoms with E-state index >= 15 is 0 Å². The van der Waals surface area contributed by atoms with Gasteiger partial charge in [-0.2, -0.15) is 0 Å². The molecule has 0 aromatic heterocycles. The van der Waals surface area contributed by atoms with E-state index < -0.39 is 0 Å². The molecule has 1 amide bonds. The number of carbonyl (C=O) groups excluding carboxylic acids is 1. The molecule has 0 aromatic rings. The predicted molar refractivity (Wildman–Crippen MR) is 84.5 cm³/mol. The molecule has 0 unspecified atom stereocenters. The van der Waals surface area contributed by atoms with Gasteiger partial charge >= 0.3 is 0 Å². The van der Waals surface area contributed by atoms with Crippen LogP contribution in [0.25, 0.3) is 0 Å². The molecule has 1 atom stereocenters. The molecular weight excluding hydrogens is 250 g/mol. The summed E-state index contributed by atoms with van der Waals surface area (Å²) < 4.78 is 0. The van der Waals surface area contributed by atoms with E-state index in [-0.39, 0.29) is 5.91 Å². The maximum absolute atomic E-state index is 11.9. The Morgan fingerprint density at radius 3 is 2.55 bits per heavy atom. The molecule has 1 saturated heterocycles. The van der Waals surface area contributed by atoms with Crippen LogP contribution >= 0.6 is 0 Å². The predicted octanol–water partition coefficient (Wildman–Crippen LogP) is 1.85. The Bertz CT molecular complexity index is 273. The minimum atomic E-state index is 0.159. The lowest BCUT2D eigenvalue weighted by Gasteiger charge is -2.30. The summed E-state index contributed by atoms with van der Waals surface area (Å²) in [5, 5.41) is 3.04. The van der Waals surface area contributed by atoms with E-state index in [1.807, 2.05) is 0 Å². The molecule has 0 radical (unpaired) electrons. The molecule has 3 N–H and O–H groups in total. The van der Waals surface area contributed by atoms with Crippen LogP contribution in [-0.2, 0) is 4.79 Å². The highest BCUT2D eigenvalue weighted by Gasteiger charge is 2.16. The fourth-order valence-corrected chi connectivity index (χ4v) is 2.90. The third kappa shape index (κ3) is 7.25. The second-order valence-electron chi connectivity index (χ2n) is 6.81. The first-order chi connectivity index (χ1) is 9.51. The van der Waals surface area contributed by atoms with Gasteiger partial charge in [-0.25, -0.2) is 0 Å². The summed E-state index contributed by atoms with van der Waals surface area (Å²) in [6.07, 6.45) is 4.19. The topological polar surface area (TPSA) is 58.4 Å². The van der Waals surface area contributed by atoms with E-state index in [0.717, 1.165) is 25.4 Å². The minimum absolute atomic E-state index is 0.159. The van der Waals surface area contributed by atoms with Gasteiger partial charge in [-0.05, 0) is 56.7 Å². The summed E-state index contributed by atoms with van der Waals surface area (Å²) in [7, 11) is 0. The summed E-state index contributed by atoms with van der Waals surface area (Å²) in [6.45, 7) is 11.4. The summed E-state index contributed by atoms with van der Waals surface area (Å²) in [5.41, 5.74) is 5.74. The molecule has 118 valence electrons. The fourth-order valence-electron chi connectivity index (χ4n) is 2.90. The van der Waals surface area contributed by atoms with Crippen molar-refractivity contribution in [2.75, 3.05) is 32.7 Å². The number of rotatable bonds is 8. The Morgan fingerprint density at radius 1 is 1.35 bits per heavy atom. The van der Waals surface area contributed by atoms with E-state index in [2.05, 4.69) is 31.0 Å². The number of hydrogen-bond donors (Lipinski definition) is 2. The summed E-state index contributed by atoms with van der Waals surface area (Å²) in [5.74, 6) is 1.95. The Morgan fingerprint density at radius 2 is 2.00 bits per heavy atom. The van der Waals surface area contributed by atoms with E-state index in [9.17, 15) is 4.79 Å². The number of likely N-dealkylation sites (tertiary alicyclic amines) is 1. The van der Waals surface area contributed by atoms with Gasteiger partial charge in [-0.15, -0.1) is 0 Å². The van der Waals surface area contributed by atoms with Gasteiger partial charge in [0.15, 0.2) is 0 Å². The van der Waals surface area contributed by atoms with E-state index in [4.69, 9.17) is 5.73 Å². The number of amides is 1.